The third-order valence-electron chi connectivity index (χ3n) is 5.33. The van der Waals surface area contributed by atoms with Gasteiger partial charge in [0.2, 0.25) is 0 Å². The Bertz CT molecular complexity index is 1280. The summed E-state index contributed by atoms with van der Waals surface area (Å²) in [7, 11) is 0. The number of aryl methyl sites for hydroxylation is 1. The van der Waals surface area contributed by atoms with Crippen LogP contribution < -0.4 is 5.32 Å². The van der Waals surface area contributed by atoms with Gasteiger partial charge in [0.15, 0.2) is 0 Å². The van der Waals surface area contributed by atoms with Crippen molar-refractivity contribution in [3.63, 3.8) is 0 Å². The van der Waals surface area contributed by atoms with Crippen LogP contribution in [0.5, 0.6) is 0 Å². The lowest BCUT2D eigenvalue weighted by atomic mass is 10.0. The van der Waals surface area contributed by atoms with E-state index >= 15 is 0 Å². The maximum atomic E-state index is 12.8. The molecule has 4 aromatic rings. The maximum absolute atomic E-state index is 12.8. The van der Waals surface area contributed by atoms with Crippen LogP contribution in [-0.4, -0.2) is 20.6 Å². The molecule has 1 aromatic heterocycles. The molecular formula is C25H22N4O3. The molecule has 0 aliphatic heterocycles. The van der Waals surface area contributed by atoms with Crippen LogP contribution in [0.1, 0.15) is 27.3 Å². The Hall–Kier alpha value is -4.26. The smallest absolute Gasteiger partial charge is 0.312 e. The zero-order valence-corrected chi connectivity index (χ0v) is 17.8. The summed E-state index contributed by atoms with van der Waals surface area (Å²) in [5.41, 5.74) is 5.07. The first kappa shape index (κ1) is 21.0. The number of nitro groups is 1. The number of hydrogen-bond acceptors (Lipinski definition) is 4. The fraction of sp³-hybridized carbons (Fsp3) is 0.120. The minimum absolute atomic E-state index is 0.0399. The van der Waals surface area contributed by atoms with Gasteiger partial charge in [0, 0.05) is 16.8 Å². The predicted molar refractivity (Wildman–Crippen MR) is 124 cm³/mol. The van der Waals surface area contributed by atoms with E-state index in [1.54, 1.807) is 30.7 Å². The van der Waals surface area contributed by atoms with Crippen LogP contribution in [0.15, 0.2) is 78.9 Å². The maximum Gasteiger partial charge on any atom is 0.312 e. The Labute approximate surface area is 185 Å². The van der Waals surface area contributed by atoms with E-state index in [2.05, 4.69) is 10.4 Å². The van der Waals surface area contributed by atoms with Crippen molar-refractivity contribution in [2.75, 3.05) is 5.32 Å². The van der Waals surface area contributed by atoms with Gasteiger partial charge >= 0.3 is 5.69 Å². The summed E-state index contributed by atoms with van der Waals surface area (Å²) in [6.45, 7) is 3.70. The number of anilines is 1. The van der Waals surface area contributed by atoms with E-state index in [9.17, 15) is 14.9 Å². The van der Waals surface area contributed by atoms with Crippen LogP contribution in [0.2, 0.25) is 0 Å². The molecule has 7 heteroatoms. The summed E-state index contributed by atoms with van der Waals surface area (Å²) < 4.78 is 1.61. The number of nitrogens with zero attached hydrogens (tertiary/aromatic N) is 3. The highest BCUT2D eigenvalue weighted by atomic mass is 16.6. The lowest BCUT2D eigenvalue weighted by molar-refractivity contribution is -0.386. The van der Waals surface area contributed by atoms with Crippen LogP contribution >= 0.6 is 0 Å². The van der Waals surface area contributed by atoms with Gasteiger partial charge in [-0.05, 0) is 43.2 Å². The molecule has 0 atom stereocenters. The molecule has 3 aromatic carbocycles. The van der Waals surface area contributed by atoms with Gasteiger partial charge in [-0.3, -0.25) is 19.6 Å². The average molecular weight is 426 g/mol. The molecule has 0 radical (unpaired) electrons. The Morgan fingerprint density at radius 3 is 2.28 bits per heavy atom. The van der Waals surface area contributed by atoms with Crippen LogP contribution in [0.25, 0.3) is 11.1 Å². The van der Waals surface area contributed by atoms with Gasteiger partial charge in [0.05, 0.1) is 11.5 Å². The molecule has 32 heavy (non-hydrogen) atoms. The van der Waals surface area contributed by atoms with Crippen molar-refractivity contribution in [3.05, 3.63) is 111 Å². The molecule has 7 nitrogen and oxygen atoms in total. The van der Waals surface area contributed by atoms with Gasteiger partial charge in [-0.15, -0.1) is 0 Å². The van der Waals surface area contributed by atoms with Crippen LogP contribution in [0.3, 0.4) is 0 Å². The van der Waals surface area contributed by atoms with Crippen molar-refractivity contribution in [2.24, 2.45) is 0 Å². The van der Waals surface area contributed by atoms with Gasteiger partial charge in [-0.1, -0.05) is 60.7 Å². The Morgan fingerprint density at radius 1 is 0.969 bits per heavy atom. The number of amides is 1. The zero-order valence-electron chi connectivity index (χ0n) is 17.8. The normalized spacial score (nSPS) is 10.7. The third kappa shape index (κ3) is 4.27. The van der Waals surface area contributed by atoms with Gasteiger partial charge < -0.3 is 5.32 Å². The molecule has 4 rings (SSSR count). The SMILES string of the molecule is Cc1nn(Cc2ccc(C(=O)Nc3ccccc3-c3ccccc3)cc2)c(C)c1[N+](=O)[O-]. The molecule has 0 saturated heterocycles. The molecular weight excluding hydrogens is 404 g/mol. The molecule has 0 fully saturated rings. The second-order valence-electron chi connectivity index (χ2n) is 7.50. The van der Waals surface area contributed by atoms with Gasteiger partial charge in [-0.25, -0.2) is 0 Å². The van der Waals surface area contributed by atoms with Crippen molar-refractivity contribution in [2.45, 2.75) is 20.4 Å². The van der Waals surface area contributed by atoms with Crippen molar-refractivity contribution >= 4 is 17.3 Å². The van der Waals surface area contributed by atoms with Crippen molar-refractivity contribution in [1.29, 1.82) is 0 Å². The molecule has 1 N–H and O–H groups in total. The average Bonchev–Trinajstić information content (AvgIpc) is 3.08. The summed E-state index contributed by atoms with van der Waals surface area (Å²) in [4.78, 5) is 23.6. The molecule has 1 amide bonds. The Kier molecular flexibility index (Phi) is 5.81. The third-order valence-corrected chi connectivity index (χ3v) is 5.33. The van der Waals surface area contributed by atoms with Crippen molar-refractivity contribution in [3.8, 4) is 11.1 Å². The number of nitrogens with one attached hydrogen (secondary N) is 1. The molecule has 0 spiro atoms. The number of hydrogen-bond donors (Lipinski definition) is 1. The highest BCUT2D eigenvalue weighted by Gasteiger charge is 2.21. The van der Waals surface area contributed by atoms with Crippen molar-refractivity contribution < 1.29 is 9.72 Å². The van der Waals surface area contributed by atoms with Gasteiger partial charge in [-0.2, -0.15) is 5.10 Å². The second kappa shape index (κ2) is 8.85. The molecule has 0 aliphatic carbocycles. The van der Waals surface area contributed by atoms with Crippen molar-refractivity contribution in [1.82, 2.24) is 9.78 Å². The summed E-state index contributed by atoms with van der Waals surface area (Å²) >= 11 is 0. The molecule has 0 bridgehead atoms. The topological polar surface area (TPSA) is 90.1 Å². The van der Waals surface area contributed by atoms with E-state index in [4.69, 9.17) is 0 Å². The van der Waals surface area contributed by atoms with E-state index in [0.717, 1.165) is 22.4 Å². The highest BCUT2D eigenvalue weighted by molar-refractivity contribution is 6.06. The number of rotatable bonds is 6. The van der Waals surface area contributed by atoms with Gasteiger partial charge in [0.1, 0.15) is 11.4 Å². The zero-order chi connectivity index (χ0) is 22.7. The van der Waals surface area contributed by atoms with E-state index < -0.39 is 4.92 Å². The fourth-order valence-corrected chi connectivity index (χ4v) is 3.70. The fourth-order valence-electron chi connectivity index (χ4n) is 3.70. The largest absolute Gasteiger partial charge is 0.321 e. The number of para-hydroxylation sites is 1. The molecule has 0 unspecified atom stereocenters. The monoisotopic (exact) mass is 426 g/mol. The predicted octanol–water partition coefficient (Wildman–Crippen LogP) is 5.38. The molecule has 0 aliphatic rings. The number of benzene rings is 3. The lowest BCUT2D eigenvalue weighted by Gasteiger charge is -2.12. The number of carbonyl (C=O) groups excluding carboxylic acids is 1. The summed E-state index contributed by atoms with van der Waals surface area (Å²) in [6, 6.07) is 24.7. The first-order valence-electron chi connectivity index (χ1n) is 10.2. The van der Waals surface area contributed by atoms with E-state index in [1.165, 1.54) is 0 Å². The van der Waals surface area contributed by atoms with E-state index in [-0.39, 0.29) is 11.6 Å². The Morgan fingerprint density at radius 2 is 1.62 bits per heavy atom. The first-order valence-corrected chi connectivity index (χ1v) is 10.2. The minimum atomic E-state index is -0.408. The Balaban J connectivity index is 1.51. The minimum Gasteiger partial charge on any atom is -0.321 e. The quantitative estimate of drug-likeness (QED) is 0.331. The van der Waals surface area contributed by atoms with Crippen LogP contribution in [0, 0.1) is 24.0 Å². The van der Waals surface area contributed by atoms with E-state index in [1.807, 2.05) is 66.7 Å². The first-order chi connectivity index (χ1) is 15.4. The molecule has 0 saturated carbocycles. The highest BCUT2D eigenvalue weighted by Crippen LogP contribution is 2.28. The number of aromatic nitrogens is 2. The van der Waals surface area contributed by atoms with Crippen LogP contribution in [-0.2, 0) is 6.54 Å². The van der Waals surface area contributed by atoms with E-state index in [0.29, 0.717) is 23.5 Å². The van der Waals surface area contributed by atoms with Crippen LogP contribution in [0.4, 0.5) is 11.4 Å². The molecule has 1 heterocycles. The standard InChI is InChI=1S/C25H22N4O3/c1-17-24(29(31)32)18(2)28(27-17)16-19-12-14-21(15-13-19)25(30)26-23-11-7-6-10-22(23)20-8-4-3-5-9-20/h3-15H,16H2,1-2H3,(H,26,30). The second-order valence-corrected chi connectivity index (χ2v) is 7.50. The summed E-state index contributed by atoms with van der Waals surface area (Å²) in [6.07, 6.45) is 0. The number of carbonyl (C=O) groups is 1. The van der Waals surface area contributed by atoms with Gasteiger partial charge in [0.25, 0.3) is 5.91 Å². The summed E-state index contributed by atoms with van der Waals surface area (Å²) in [5, 5.41) is 18.5. The molecule has 160 valence electrons. The lowest BCUT2D eigenvalue weighted by Crippen LogP contribution is -2.13. The summed E-state index contributed by atoms with van der Waals surface area (Å²) in [5.74, 6) is -0.207.